The lowest BCUT2D eigenvalue weighted by atomic mass is 10.4. The third-order valence-corrected chi connectivity index (χ3v) is 2.19. The van der Waals surface area contributed by atoms with Crippen LogP contribution in [0, 0.1) is 0 Å². The van der Waals surface area contributed by atoms with Crippen molar-refractivity contribution >= 4 is 23.6 Å². The monoisotopic (exact) mass is 205 g/mol. The van der Waals surface area contributed by atoms with Gasteiger partial charge in [0.25, 0.3) is 0 Å². The Hall–Kier alpha value is -0.710. The van der Waals surface area contributed by atoms with Gasteiger partial charge >= 0.3 is 5.97 Å². The average molecular weight is 205 g/mol. The van der Waals surface area contributed by atoms with E-state index in [0.29, 0.717) is 13.0 Å². The SMILES string of the molecule is CCN(CC(=O)O)C(=O)CCSC. The van der Waals surface area contributed by atoms with Gasteiger partial charge in [-0.1, -0.05) is 0 Å². The van der Waals surface area contributed by atoms with Crippen molar-refractivity contribution in [2.75, 3.05) is 25.1 Å². The summed E-state index contributed by atoms with van der Waals surface area (Å²) >= 11 is 1.58. The molecule has 0 bridgehead atoms. The van der Waals surface area contributed by atoms with Crippen LogP contribution in [0.4, 0.5) is 0 Å². The van der Waals surface area contributed by atoms with Gasteiger partial charge in [-0.3, -0.25) is 9.59 Å². The third-order valence-electron chi connectivity index (χ3n) is 1.58. The maximum absolute atomic E-state index is 11.3. The van der Waals surface area contributed by atoms with Gasteiger partial charge in [0.05, 0.1) is 0 Å². The lowest BCUT2D eigenvalue weighted by Crippen LogP contribution is -2.35. The number of likely N-dealkylation sites (N-methyl/N-ethyl adjacent to an activating group) is 1. The van der Waals surface area contributed by atoms with E-state index in [1.54, 1.807) is 18.7 Å². The largest absolute Gasteiger partial charge is 0.480 e. The number of carbonyl (C=O) groups is 2. The van der Waals surface area contributed by atoms with Crippen molar-refractivity contribution in [3.8, 4) is 0 Å². The Morgan fingerprint density at radius 3 is 2.46 bits per heavy atom. The van der Waals surface area contributed by atoms with E-state index in [4.69, 9.17) is 5.11 Å². The Balaban J connectivity index is 3.92. The molecule has 5 heteroatoms. The molecule has 0 radical (unpaired) electrons. The molecule has 0 saturated carbocycles. The fourth-order valence-electron chi connectivity index (χ4n) is 0.887. The summed E-state index contributed by atoms with van der Waals surface area (Å²) in [5, 5.41) is 8.49. The normalized spacial score (nSPS) is 9.69. The van der Waals surface area contributed by atoms with Gasteiger partial charge in [0.1, 0.15) is 6.54 Å². The lowest BCUT2D eigenvalue weighted by molar-refractivity contribution is -0.144. The van der Waals surface area contributed by atoms with E-state index in [0.717, 1.165) is 5.75 Å². The van der Waals surface area contributed by atoms with Crippen LogP contribution in [0.3, 0.4) is 0 Å². The Labute approximate surface area is 82.3 Å². The highest BCUT2D eigenvalue weighted by molar-refractivity contribution is 7.98. The first kappa shape index (κ1) is 12.3. The van der Waals surface area contributed by atoms with Crippen LogP contribution in [0.15, 0.2) is 0 Å². The van der Waals surface area contributed by atoms with Crippen LogP contribution >= 0.6 is 11.8 Å². The number of hydrogen-bond donors (Lipinski definition) is 1. The standard InChI is InChI=1S/C8H15NO3S/c1-3-9(6-8(11)12)7(10)4-5-13-2/h3-6H2,1-2H3,(H,11,12). The van der Waals surface area contributed by atoms with Crippen molar-refractivity contribution in [2.45, 2.75) is 13.3 Å². The average Bonchev–Trinajstić information content (AvgIpc) is 2.09. The zero-order chi connectivity index (χ0) is 10.3. The number of rotatable bonds is 6. The Bertz CT molecular complexity index is 184. The summed E-state index contributed by atoms with van der Waals surface area (Å²) in [5.41, 5.74) is 0. The summed E-state index contributed by atoms with van der Waals surface area (Å²) in [5.74, 6) is -0.298. The number of nitrogens with zero attached hydrogens (tertiary/aromatic N) is 1. The van der Waals surface area contributed by atoms with Crippen LogP contribution in [-0.4, -0.2) is 47.0 Å². The molecule has 13 heavy (non-hydrogen) atoms. The maximum Gasteiger partial charge on any atom is 0.323 e. The lowest BCUT2D eigenvalue weighted by Gasteiger charge is -2.17. The van der Waals surface area contributed by atoms with Gasteiger partial charge in [0.2, 0.25) is 5.91 Å². The van der Waals surface area contributed by atoms with E-state index in [1.807, 2.05) is 6.26 Å². The van der Waals surface area contributed by atoms with Crippen molar-refractivity contribution in [3.63, 3.8) is 0 Å². The molecule has 0 unspecified atom stereocenters. The Kier molecular flexibility index (Phi) is 6.40. The van der Waals surface area contributed by atoms with Crippen molar-refractivity contribution < 1.29 is 14.7 Å². The molecule has 1 N–H and O–H groups in total. The molecule has 0 saturated heterocycles. The first-order valence-corrected chi connectivity index (χ1v) is 5.49. The highest BCUT2D eigenvalue weighted by Crippen LogP contribution is 2.00. The van der Waals surface area contributed by atoms with Gasteiger partial charge in [-0.2, -0.15) is 11.8 Å². The summed E-state index contributed by atoms with van der Waals surface area (Å²) in [6.45, 7) is 2.04. The van der Waals surface area contributed by atoms with E-state index < -0.39 is 5.97 Å². The first-order chi connectivity index (χ1) is 6.11. The first-order valence-electron chi connectivity index (χ1n) is 4.10. The van der Waals surface area contributed by atoms with Gasteiger partial charge in [-0.25, -0.2) is 0 Å². The number of carbonyl (C=O) groups excluding carboxylic acids is 1. The molecule has 0 rings (SSSR count). The number of thioether (sulfide) groups is 1. The second-order valence-electron chi connectivity index (χ2n) is 2.54. The van der Waals surface area contributed by atoms with Crippen LogP contribution in [-0.2, 0) is 9.59 Å². The molecular formula is C8H15NO3S. The van der Waals surface area contributed by atoms with Crippen LogP contribution in [0.25, 0.3) is 0 Å². The van der Waals surface area contributed by atoms with Crippen LogP contribution in [0.1, 0.15) is 13.3 Å². The molecular weight excluding hydrogens is 190 g/mol. The predicted octanol–water partition coefficient (Wildman–Crippen LogP) is 0.673. The summed E-state index contributed by atoms with van der Waals surface area (Å²) in [6, 6.07) is 0. The molecule has 0 aromatic heterocycles. The van der Waals surface area contributed by atoms with Gasteiger partial charge < -0.3 is 10.0 Å². The summed E-state index contributed by atoms with van der Waals surface area (Å²) < 4.78 is 0. The molecule has 0 aromatic rings. The highest BCUT2D eigenvalue weighted by Gasteiger charge is 2.13. The molecule has 0 aromatic carbocycles. The van der Waals surface area contributed by atoms with Crippen LogP contribution in [0.5, 0.6) is 0 Å². The van der Waals surface area contributed by atoms with Gasteiger partial charge in [-0.05, 0) is 13.2 Å². The number of aliphatic carboxylic acids is 1. The van der Waals surface area contributed by atoms with Gasteiger partial charge in [-0.15, -0.1) is 0 Å². The molecule has 0 heterocycles. The Morgan fingerprint density at radius 1 is 1.46 bits per heavy atom. The maximum atomic E-state index is 11.3. The van der Waals surface area contributed by atoms with Crippen molar-refractivity contribution in [1.82, 2.24) is 4.90 Å². The minimum atomic E-state index is -0.959. The predicted molar refractivity (Wildman–Crippen MR) is 52.9 cm³/mol. The fourth-order valence-corrected chi connectivity index (χ4v) is 1.27. The number of amides is 1. The second-order valence-corrected chi connectivity index (χ2v) is 3.53. The molecule has 1 amide bonds. The molecule has 0 atom stereocenters. The van der Waals surface area contributed by atoms with E-state index in [2.05, 4.69) is 0 Å². The number of carboxylic acid groups (broad SMARTS) is 1. The molecule has 4 nitrogen and oxygen atoms in total. The van der Waals surface area contributed by atoms with Crippen LogP contribution in [0.2, 0.25) is 0 Å². The van der Waals surface area contributed by atoms with E-state index in [1.165, 1.54) is 4.90 Å². The smallest absolute Gasteiger partial charge is 0.323 e. The minimum absolute atomic E-state index is 0.0840. The fraction of sp³-hybridized carbons (Fsp3) is 0.750. The highest BCUT2D eigenvalue weighted by atomic mass is 32.2. The minimum Gasteiger partial charge on any atom is -0.480 e. The summed E-state index contributed by atoms with van der Waals surface area (Å²) in [7, 11) is 0. The zero-order valence-electron chi connectivity index (χ0n) is 7.95. The molecule has 0 fully saturated rings. The van der Waals surface area contributed by atoms with E-state index in [9.17, 15) is 9.59 Å². The molecule has 0 spiro atoms. The quantitative estimate of drug-likeness (QED) is 0.692. The second kappa shape index (κ2) is 6.77. The van der Waals surface area contributed by atoms with Gasteiger partial charge in [0, 0.05) is 18.7 Å². The third kappa shape index (κ3) is 5.52. The van der Waals surface area contributed by atoms with E-state index >= 15 is 0 Å². The number of carboxylic acids is 1. The van der Waals surface area contributed by atoms with E-state index in [-0.39, 0.29) is 12.5 Å². The van der Waals surface area contributed by atoms with Crippen LogP contribution < -0.4 is 0 Å². The van der Waals surface area contributed by atoms with Crippen molar-refractivity contribution in [3.05, 3.63) is 0 Å². The van der Waals surface area contributed by atoms with Crippen molar-refractivity contribution in [1.29, 1.82) is 0 Å². The zero-order valence-corrected chi connectivity index (χ0v) is 8.76. The molecule has 0 aliphatic carbocycles. The topological polar surface area (TPSA) is 57.6 Å². The molecule has 0 aliphatic heterocycles. The Morgan fingerprint density at radius 2 is 2.08 bits per heavy atom. The summed E-state index contributed by atoms with van der Waals surface area (Å²) in [6.07, 6.45) is 2.34. The molecule has 76 valence electrons. The summed E-state index contributed by atoms with van der Waals surface area (Å²) in [4.78, 5) is 23.0. The molecule has 0 aliphatic rings. The van der Waals surface area contributed by atoms with Gasteiger partial charge in [0.15, 0.2) is 0 Å². The number of hydrogen-bond acceptors (Lipinski definition) is 3. The van der Waals surface area contributed by atoms with Crippen molar-refractivity contribution in [2.24, 2.45) is 0 Å².